The zero-order valence-corrected chi connectivity index (χ0v) is 20.4. The molecule has 0 aliphatic carbocycles. The summed E-state index contributed by atoms with van der Waals surface area (Å²) < 4.78 is 32.2. The fraction of sp³-hybridized carbons (Fsp3) is 0.458. The van der Waals surface area contributed by atoms with Gasteiger partial charge in [0.15, 0.2) is 12.2 Å². The van der Waals surface area contributed by atoms with Gasteiger partial charge in [0, 0.05) is 27.7 Å². The number of carboxylic acid groups (broad SMARTS) is 1. The molecule has 1 saturated heterocycles. The third kappa shape index (κ3) is 8.08. The molecule has 196 valence electrons. The molecule has 0 amide bonds. The van der Waals surface area contributed by atoms with Gasteiger partial charge in [0.1, 0.15) is 12.7 Å². The molecule has 12 nitrogen and oxygen atoms in total. The SMILES string of the molecule is CC(=O)OC[C@@H]1O[C@H](O/C(=C\c2ccccc2C)C(=O)O)[C@@H](OC(C)=O)[C@H](OC(C)=O)[C@@H]1OC(C)=O. The summed E-state index contributed by atoms with van der Waals surface area (Å²) in [4.78, 5) is 59.0. The Hall–Kier alpha value is -3.93. The van der Waals surface area contributed by atoms with Crippen LogP contribution in [0.2, 0.25) is 0 Å². The summed E-state index contributed by atoms with van der Waals surface area (Å²) in [6, 6.07) is 6.90. The minimum absolute atomic E-state index is 0.471. The number of ether oxygens (including phenoxy) is 6. The van der Waals surface area contributed by atoms with Crippen molar-refractivity contribution in [3.8, 4) is 0 Å². The van der Waals surface area contributed by atoms with Crippen LogP contribution < -0.4 is 0 Å². The van der Waals surface area contributed by atoms with Crippen LogP contribution >= 0.6 is 0 Å². The van der Waals surface area contributed by atoms with Gasteiger partial charge in [-0.15, -0.1) is 0 Å². The van der Waals surface area contributed by atoms with Gasteiger partial charge in [-0.05, 0) is 24.1 Å². The van der Waals surface area contributed by atoms with Crippen molar-refractivity contribution in [1.29, 1.82) is 0 Å². The average molecular weight is 508 g/mol. The van der Waals surface area contributed by atoms with Crippen molar-refractivity contribution in [2.45, 2.75) is 65.3 Å². The van der Waals surface area contributed by atoms with Crippen molar-refractivity contribution in [2.24, 2.45) is 0 Å². The number of hydrogen-bond acceptors (Lipinski definition) is 11. The lowest BCUT2D eigenvalue weighted by atomic mass is 9.98. The van der Waals surface area contributed by atoms with Crippen molar-refractivity contribution in [3.63, 3.8) is 0 Å². The third-order valence-corrected chi connectivity index (χ3v) is 4.88. The molecule has 12 heteroatoms. The number of rotatable bonds is 9. The lowest BCUT2D eigenvalue weighted by molar-refractivity contribution is -0.299. The molecular formula is C24H28O12. The second-order valence-electron chi connectivity index (χ2n) is 7.86. The lowest BCUT2D eigenvalue weighted by Crippen LogP contribution is -2.63. The topological polar surface area (TPSA) is 161 Å². The zero-order valence-electron chi connectivity index (χ0n) is 20.4. The van der Waals surface area contributed by atoms with Gasteiger partial charge in [-0.25, -0.2) is 4.79 Å². The first-order valence-electron chi connectivity index (χ1n) is 10.9. The monoisotopic (exact) mass is 508 g/mol. The maximum atomic E-state index is 12.0. The number of carbonyl (C=O) groups excluding carboxylic acids is 4. The van der Waals surface area contributed by atoms with Crippen LogP contribution in [0, 0.1) is 6.92 Å². The van der Waals surface area contributed by atoms with Crippen LogP contribution in [0.3, 0.4) is 0 Å². The number of aliphatic carboxylic acids is 1. The lowest BCUT2D eigenvalue weighted by Gasteiger charge is -2.43. The quantitative estimate of drug-likeness (QED) is 0.222. The Morgan fingerprint density at radius 2 is 1.39 bits per heavy atom. The molecule has 1 N–H and O–H groups in total. The van der Waals surface area contributed by atoms with E-state index in [1.54, 1.807) is 31.2 Å². The van der Waals surface area contributed by atoms with E-state index in [0.29, 0.717) is 5.56 Å². The molecule has 1 fully saturated rings. The minimum Gasteiger partial charge on any atom is -0.475 e. The van der Waals surface area contributed by atoms with Gasteiger partial charge < -0.3 is 33.5 Å². The average Bonchev–Trinajstić information content (AvgIpc) is 2.76. The van der Waals surface area contributed by atoms with E-state index in [1.807, 2.05) is 0 Å². The van der Waals surface area contributed by atoms with Crippen LogP contribution in [-0.4, -0.2) is 72.3 Å². The Labute approximate surface area is 207 Å². The predicted molar refractivity (Wildman–Crippen MR) is 120 cm³/mol. The number of carboxylic acids is 1. The molecule has 1 heterocycles. The van der Waals surface area contributed by atoms with Crippen molar-refractivity contribution < 1.29 is 57.5 Å². The number of esters is 4. The molecule has 2 rings (SSSR count). The number of aryl methyl sites for hydroxylation is 1. The van der Waals surface area contributed by atoms with Crippen LogP contribution in [0.5, 0.6) is 0 Å². The van der Waals surface area contributed by atoms with Gasteiger partial charge in [0.25, 0.3) is 0 Å². The van der Waals surface area contributed by atoms with E-state index in [-0.39, 0.29) is 0 Å². The summed E-state index contributed by atoms with van der Waals surface area (Å²) in [5.41, 5.74) is 1.28. The maximum Gasteiger partial charge on any atom is 0.371 e. The van der Waals surface area contributed by atoms with E-state index >= 15 is 0 Å². The summed E-state index contributed by atoms with van der Waals surface area (Å²) >= 11 is 0. The van der Waals surface area contributed by atoms with Gasteiger partial charge in [0.05, 0.1) is 0 Å². The molecule has 0 spiro atoms. The highest BCUT2D eigenvalue weighted by atomic mass is 16.7. The smallest absolute Gasteiger partial charge is 0.371 e. The molecule has 0 bridgehead atoms. The van der Waals surface area contributed by atoms with E-state index < -0.39 is 72.9 Å². The highest BCUT2D eigenvalue weighted by Crippen LogP contribution is 2.31. The predicted octanol–water partition coefficient (Wildman–Crippen LogP) is 1.52. The Morgan fingerprint density at radius 3 is 1.92 bits per heavy atom. The Balaban J connectivity index is 2.55. The van der Waals surface area contributed by atoms with E-state index in [9.17, 15) is 29.1 Å². The number of carbonyl (C=O) groups is 5. The number of hydrogen-bond donors (Lipinski definition) is 1. The highest BCUT2D eigenvalue weighted by Gasteiger charge is 2.53. The molecule has 1 aromatic carbocycles. The summed E-state index contributed by atoms with van der Waals surface area (Å²) in [6.45, 7) is 5.65. The van der Waals surface area contributed by atoms with Crippen LogP contribution in [-0.2, 0) is 52.4 Å². The molecule has 0 radical (unpaired) electrons. The van der Waals surface area contributed by atoms with Gasteiger partial charge in [-0.1, -0.05) is 24.3 Å². The van der Waals surface area contributed by atoms with Crippen LogP contribution in [0.15, 0.2) is 30.0 Å². The summed E-state index contributed by atoms with van der Waals surface area (Å²) in [5.74, 6) is -5.19. The van der Waals surface area contributed by atoms with Crippen molar-refractivity contribution in [2.75, 3.05) is 6.61 Å². The van der Waals surface area contributed by atoms with Gasteiger partial charge in [-0.2, -0.15) is 0 Å². The summed E-state index contributed by atoms with van der Waals surface area (Å²) in [7, 11) is 0. The number of benzene rings is 1. The fourth-order valence-electron chi connectivity index (χ4n) is 3.44. The highest BCUT2D eigenvalue weighted by molar-refractivity contribution is 5.90. The third-order valence-electron chi connectivity index (χ3n) is 4.88. The van der Waals surface area contributed by atoms with Gasteiger partial charge in [0.2, 0.25) is 18.2 Å². The molecular weight excluding hydrogens is 480 g/mol. The molecule has 0 saturated carbocycles. The van der Waals surface area contributed by atoms with Crippen molar-refractivity contribution in [1.82, 2.24) is 0 Å². The maximum absolute atomic E-state index is 12.0. The molecule has 0 unspecified atom stereocenters. The second kappa shape index (κ2) is 12.7. The summed E-state index contributed by atoms with van der Waals surface area (Å²) in [5, 5.41) is 9.77. The van der Waals surface area contributed by atoms with Gasteiger partial charge >= 0.3 is 29.8 Å². The van der Waals surface area contributed by atoms with E-state index in [1.165, 1.54) is 6.08 Å². The minimum atomic E-state index is -1.66. The molecule has 1 aliphatic heterocycles. The Morgan fingerprint density at radius 1 is 0.833 bits per heavy atom. The normalized spacial score (nSPS) is 23.7. The van der Waals surface area contributed by atoms with Crippen molar-refractivity contribution in [3.05, 3.63) is 41.2 Å². The molecule has 1 aromatic rings. The Bertz CT molecular complexity index is 1030. The van der Waals surface area contributed by atoms with E-state index in [2.05, 4.69) is 0 Å². The van der Waals surface area contributed by atoms with Crippen molar-refractivity contribution >= 4 is 35.9 Å². The largest absolute Gasteiger partial charge is 0.475 e. The first-order chi connectivity index (χ1) is 16.9. The molecule has 36 heavy (non-hydrogen) atoms. The molecule has 0 aromatic heterocycles. The van der Waals surface area contributed by atoms with Crippen LogP contribution in [0.1, 0.15) is 38.8 Å². The second-order valence-corrected chi connectivity index (χ2v) is 7.86. The standard InChI is InChI=1S/C24H28O12/c1-12-8-6-7-9-17(12)10-18(23(29)30)35-24-22(34-16(5)28)21(33-15(4)27)20(32-14(3)26)19(36-24)11-31-13(2)25/h6-10,19-22,24H,11H2,1-5H3,(H,29,30)/b18-10-/t19-,20+,21+,22-,24-/m0/s1. The molecule has 5 atom stereocenters. The fourth-order valence-corrected chi connectivity index (χ4v) is 3.44. The summed E-state index contributed by atoms with van der Waals surface area (Å²) in [6.07, 6.45) is -6.11. The first kappa shape index (κ1) is 28.3. The molecule has 1 aliphatic rings. The Kier molecular flexibility index (Phi) is 9.97. The van der Waals surface area contributed by atoms with Crippen LogP contribution in [0.25, 0.3) is 6.08 Å². The first-order valence-corrected chi connectivity index (χ1v) is 10.9. The van der Waals surface area contributed by atoms with E-state index in [0.717, 1.165) is 33.3 Å². The van der Waals surface area contributed by atoms with E-state index in [4.69, 9.17) is 28.4 Å². The van der Waals surface area contributed by atoms with Crippen LogP contribution in [0.4, 0.5) is 0 Å². The zero-order chi connectivity index (χ0) is 27.0. The van der Waals surface area contributed by atoms with Gasteiger partial charge in [-0.3, -0.25) is 19.2 Å².